The number of ether oxygens (including phenoxy) is 3. The highest BCUT2D eigenvalue weighted by atomic mass is 19.1. The topological polar surface area (TPSA) is 65.0 Å². The largest absolute Gasteiger partial charge is 0.469 e. The maximum Gasteiger partial charge on any atom is 0.305 e. The third-order valence-corrected chi connectivity index (χ3v) is 10.8. The van der Waals surface area contributed by atoms with Crippen molar-refractivity contribution in [2.24, 2.45) is 46.3 Å². The number of carbonyl (C=O) groups excluding carboxylic acids is 1. The molecule has 1 N–H and O–H groups in total. The average molecular weight is 469 g/mol. The fourth-order valence-electron chi connectivity index (χ4n) is 9.13. The minimum Gasteiger partial charge on any atom is -0.469 e. The molecule has 4 aliphatic carbocycles. The minimum atomic E-state index is -1.12. The summed E-state index contributed by atoms with van der Waals surface area (Å²) in [6.45, 7) is 7.37. The third-order valence-electron chi connectivity index (χ3n) is 10.8. The molecular weight excluding hydrogens is 423 g/mol. The normalized spacial score (nSPS) is 47.8. The first-order valence-electron chi connectivity index (χ1n) is 13.1. The molecule has 4 saturated carbocycles. The number of aliphatic hydroxyl groups is 1. The number of methoxy groups -OCH3 is 2. The third kappa shape index (κ3) is 4.38. The standard InChI is InChI=1S/C27H45FO5/c1-16(6-9-24(30)32-5)18-7-8-19-25-20(10-11-26(18,19)2)27(3)14-21(28)22(29)12-17(27)13-23(25)33-15-31-4/h16-23,25,29H,6-15H2,1-5H3/t16-,17+,18-,19+,20+,21+,22-,23-,25+,26-,27+/m1/s1. The Hall–Kier alpha value is -0.720. The van der Waals surface area contributed by atoms with Crippen LogP contribution in [0.15, 0.2) is 0 Å². The van der Waals surface area contributed by atoms with Gasteiger partial charge < -0.3 is 19.3 Å². The molecule has 0 aromatic heterocycles. The van der Waals surface area contributed by atoms with Crippen LogP contribution in [-0.4, -0.2) is 50.5 Å². The molecule has 0 amide bonds. The Bertz CT molecular complexity index is 702. The van der Waals surface area contributed by atoms with Crippen LogP contribution in [0, 0.1) is 46.3 Å². The first-order chi connectivity index (χ1) is 15.7. The second-order valence-electron chi connectivity index (χ2n) is 12.2. The second-order valence-corrected chi connectivity index (χ2v) is 12.2. The van der Waals surface area contributed by atoms with E-state index in [0.29, 0.717) is 54.8 Å². The molecule has 0 spiro atoms. The number of alkyl halides is 1. The smallest absolute Gasteiger partial charge is 0.305 e. The van der Waals surface area contributed by atoms with Gasteiger partial charge in [-0.2, -0.15) is 0 Å². The van der Waals surface area contributed by atoms with E-state index in [4.69, 9.17) is 14.2 Å². The van der Waals surface area contributed by atoms with Crippen LogP contribution in [0.3, 0.4) is 0 Å². The molecule has 4 rings (SSSR count). The zero-order chi connectivity index (χ0) is 24.0. The Morgan fingerprint density at radius 2 is 1.85 bits per heavy atom. The van der Waals surface area contributed by atoms with Crippen LogP contribution in [-0.2, 0) is 19.0 Å². The van der Waals surface area contributed by atoms with Crippen LogP contribution >= 0.6 is 0 Å². The average Bonchev–Trinajstić information content (AvgIpc) is 3.14. The molecule has 190 valence electrons. The van der Waals surface area contributed by atoms with Crippen molar-refractivity contribution in [2.75, 3.05) is 21.0 Å². The van der Waals surface area contributed by atoms with Gasteiger partial charge in [-0.25, -0.2) is 4.39 Å². The van der Waals surface area contributed by atoms with Crippen molar-refractivity contribution in [3.63, 3.8) is 0 Å². The highest BCUT2D eigenvalue weighted by molar-refractivity contribution is 5.69. The van der Waals surface area contributed by atoms with E-state index < -0.39 is 12.3 Å². The number of carbonyl (C=O) groups is 1. The molecule has 0 aliphatic heterocycles. The monoisotopic (exact) mass is 468 g/mol. The summed E-state index contributed by atoms with van der Waals surface area (Å²) in [5, 5.41) is 10.3. The van der Waals surface area contributed by atoms with E-state index in [-0.39, 0.29) is 29.7 Å². The van der Waals surface area contributed by atoms with Crippen LogP contribution in [0.2, 0.25) is 0 Å². The van der Waals surface area contributed by atoms with E-state index in [1.165, 1.54) is 20.0 Å². The molecule has 4 aliphatic rings. The zero-order valence-electron chi connectivity index (χ0n) is 21.2. The Balaban J connectivity index is 1.59. The van der Waals surface area contributed by atoms with Gasteiger partial charge in [-0.05, 0) is 97.7 Å². The van der Waals surface area contributed by atoms with Gasteiger partial charge in [-0.1, -0.05) is 20.8 Å². The van der Waals surface area contributed by atoms with E-state index in [9.17, 15) is 14.3 Å². The van der Waals surface area contributed by atoms with E-state index in [2.05, 4.69) is 20.8 Å². The number of hydrogen-bond acceptors (Lipinski definition) is 5. The highest BCUT2D eigenvalue weighted by Crippen LogP contribution is 2.68. The fourth-order valence-corrected chi connectivity index (χ4v) is 9.13. The summed E-state index contributed by atoms with van der Waals surface area (Å²) in [5.74, 6) is 2.61. The molecule has 0 aromatic carbocycles. The second kappa shape index (κ2) is 9.73. The van der Waals surface area contributed by atoms with Gasteiger partial charge in [0.05, 0.1) is 19.3 Å². The van der Waals surface area contributed by atoms with Gasteiger partial charge in [0.2, 0.25) is 0 Å². The zero-order valence-corrected chi connectivity index (χ0v) is 21.2. The molecule has 6 heteroatoms. The molecule has 0 radical (unpaired) electrons. The lowest BCUT2D eigenvalue weighted by Crippen LogP contribution is -2.60. The number of halogens is 1. The lowest BCUT2D eigenvalue weighted by atomic mass is 9.43. The molecule has 0 saturated heterocycles. The van der Waals surface area contributed by atoms with Gasteiger partial charge in [-0.3, -0.25) is 4.79 Å². The summed E-state index contributed by atoms with van der Waals surface area (Å²) in [4.78, 5) is 11.7. The van der Waals surface area contributed by atoms with Gasteiger partial charge in [-0.15, -0.1) is 0 Å². The predicted molar refractivity (Wildman–Crippen MR) is 124 cm³/mol. The lowest BCUT2D eigenvalue weighted by Gasteiger charge is -2.63. The molecule has 0 unspecified atom stereocenters. The number of hydrogen-bond donors (Lipinski definition) is 1. The van der Waals surface area contributed by atoms with Crippen molar-refractivity contribution in [3.8, 4) is 0 Å². The first kappa shape index (κ1) is 25.4. The Morgan fingerprint density at radius 3 is 2.55 bits per heavy atom. The van der Waals surface area contributed by atoms with Crippen molar-refractivity contribution in [3.05, 3.63) is 0 Å². The van der Waals surface area contributed by atoms with Gasteiger partial charge in [0, 0.05) is 13.5 Å². The predicted octanol–water partition coefficient (Wildman–Crippen LogP) is 5.14. The molecule has 4 fully saturated rings. The molecule has 11 atom stereocenters. The lowest BCUT2D eigenvalue weighted by molar-refractivity contribution is -0.215. The summed E-state index contributed by atoms with van der Waals surface area (Å²) in [6.07, 6.45) is 6.03. The molecule has 0 heterocycles. The van der Waals surface area contributed by atoms with Crippen LogP contribution in [0.5, 0.6) is 0 Å². The van der Waals surface area contributed by atoms with Crippen LogP contribution in [0.4, 0.5) is 4.39 Å². The van der Waals surface area contributed by atoms with Crippen LogP contribution < -0.4 is 0 Å². The summed E-state index contributed by atoms with van der Waals surface area (Å²) in [5.41, 5.74) is 0.143. The van der Waals surface area contributed by atoms with Crippen LogP contribution in [0.1, 0.15) is 78.6 Å². The molecule has 5 nitrogen and oxygen atoms in total. The van der Waals surface area contributed by atoms with Crippen molar-refractivity contribution < 1.29 is 28.5 Å². The first-order valence-corrected chi connectivity index (χ1v) is 13.1. The number of esters is 1. The summed E-state index contributed by atoms with van der Waals surface area (Å²) in [6, 6.07) is 0. The number of fused-ring (bicyclic) bond motifs is 5. The van der Waals surface area contributed by atoms with Gasteiger partial charge in [0.1, 0.15) is 13.0 Å². The number of rotatable bonds is 7. The van der Waals surface area contributed by atoms with Crippen molar-refractivity contribution in [2.45, 2.75) is 96.9 Å². The highest BCUT2D eigenvalue weighted by Gasteiger charge is 2.64. The maximum absolute atomic E-state index is 14.8. The minimum absolute atomic E-state index is 0.0772. The number of aliphatic hydroxyl groups excluding tert-OH is 1. The molecule has 0 aromatic rings. The van der Waals surface area contributed by atoms with E-state index in [1.54, 1.807) is 7.11 Å². The van der Waals surface area contributed by atoms with E-state index in [1.807, 2.05) is 0 Å². The van der Waals surface area contributed by atoms with Crippen molar-refractivity contribution in [1.29, 1.82) is 0 Å². The summed E-state index contributed by atoms with van der Waals surface area (Å²) in [7, 11) is 3.13. The van der Waals surface area contributed by atoms with Gasteiger partial charge >= 0.3 is 5.97 Å². The van der Waals surface area contributed by atoms with Gasteiger partial charge in [0.25, 0.3) is 0 Å². The van der Waals surface area contributed by atoms with Crippen molar-refractivity contribution >= 4 is 5.97 Å². The Morgan fingerprint density at radius 1 is 1.12 bits per heavy atom. The molecule has 33 heavy (non-hydrogen) atoms. The summed E-state index contributed by atoms with van der Waals surface area (Å²) >= 11 is 0. The molecule has 0 bridgehead atoms. The van der Waals surface area contributed by atoms with Crippen molar-refractivity contribution in [1.82, 2.24) is 0 Å². The SMILES string of the molecule is COCO[C@@H]1C[C@@H]2C[C@@H](O)[C@@H](F)C[C@]2(C)[C@H]2CC[C@]3(C)[C@@H]([C@H](C)CCC(=O)OC)CC[C@H]3[C@H]12. The fraction of sp³-hybridized carbons (Fsp3) is 0.963. The van der Waals surface area contributed by atoms with E-state index in [0.717, 1.165) is 25.7 Å². The Kier molecular flexibility index (Phi) is 7.49. The van der Waals surface area contributed by atoms with E-state index >= 15 is 0 Å². The van der Waals surface area contributed by atoms with Gasteiger partial charge in [0.15, 0.2) is 0 Å². The molecular formula is C27H45FO5. The summed E-state index contributed by atoms with van der Waals surface area (Å²) < 4.78 is 31.3. The van der Waals surface area contributed by atoms with Crippen LogP contribution in [0.25, 0.3) is 0 Å². The Labute approximate surface area is 199 Å². The maximum atomic E-state index is 14.8. The quantitative estimate of drug-likeness (QED) is 0.414.